The van der Waals surface area contributed by atoms with Crippen LogP contribution in [0.25, 0.3) is 0 Å². The Morgan fingerprint density at radius 1 is 1.69 bits per heavy atom. The Morgan fingerprint density at radius 3 is 3.12 bits per heavy atom. The minimum atomic E-state index is 0.280. The van der Waals surface area contributed by atoms with Gasteiger partial charge in [-0.05, 0) is 13.3 Å². The predicted octanol–water partition coefficient (Wildman–Crippen LogP) is 0.628. The highest BCUT2D eigenvalue weighted by molar-refractivity contribution is 5.34. The predicted molar refractivity (Wildman–Crippen MR) is 63.6 cm³/mol. The van der Waals surface area contributed by atoms with Crippen molar-refractivity contribution in [3.05, 3.63) is 12.4 Å². The van der Waals surface area contributed by atoms with Crippen LogP contribution in [-0.2, 0) is 4.74 Å². The minimum Gasteiger partial charge on any atom is -0.383 e. The number of nitrogens with two attached hydrogens (primary N) is 1. The third kappa shape index (κ3) is 2.20. The first kappa shape index (κ1) is 11.4. The highest BCUT2D eigenvalue weighted by Crippen LogP contribution is 2.21. The number of methoxy groups -OCH3 is 1. The van der Waals surface area contributed by atoms with Gasteiger partial charge in [-0.3, -0.25) is 0 Å². The lowest BCUT2D eigenvalue weighted by atomic mass is 10.3. The lowest BCUT2D eigenvalue weighted by molar-refractivity contribution is 0.162. The van der Waals surface area contributed by atoms with Crippen molar-refractivity contribution in [3.8, 4) is 0 Å². The van der Waals surface area contributed by atoms with Gasteiger partial charge in [-0.2, -0.15) is 0 Å². The van der Waals surface area contributed by atoms with Gasteiger partial charge in [0, 0.05) is 38.6 Å². The zero-order chi connectivity index (χ0) is 11.5. The molecule has 2 atom stereocenters. The third-order valence-electron chi connectivity index (χ3n) is 3.04. The topological polar surface area (TPSA) is 56.3 Å². The van der Waals surface area contributed by atoms with E-state index in [9.17, 15) is 0 Å². The van der Waals surface area contributed by atoms with Crippen molar-refractivity contribution in [2.24, 2.45) is 5.73 Å². The Labute approximate surface area is 96.2 Å². The monoisotopic (exact) mass is 224 g/mol. The Morgan fingerprint density at radius 2 is 2.50 bits per heavy atom. The van der Waals surface area contributed by atoms with Crippen molar-refractivity contribution >= 4 is 5.95 Å². The number of hydrogen-bond acceptors (Lipinski definition) is 4. The molecule has 1 aromatic heterocycles. The normalized spacial score (nSPS) is 22.7. The zero-order valence-corrected chi connectivity index (χ0v) is 9.97. The van der Waals surface area contributed by atoms with Crippen LogP contribution in [0.1, 0.15) is 19.4 Å². The summed E-state index contributed by atoms with van der Waals surface area (Å²) in [4.78, 5) is 6.66. The summed E-state index contributed by atoms with van der Waals surface area (Å²) in [6.45, 7) is 4.72. The molecule has 1 fully saturated rings. The van der Waals surface area contributed by atoms with Crippen LogP contribution in [0.15, 0.2) is 12.4 Å². The molecule has 0 aromatic carbocycles. The van der Waals surface area contributed by atoms with Crippen LogP contribution in [0.2, 0.25) is 0 Å². The van der Waals surface area contributed by atoms with Gasteiger partial charge in [-0.25, -0.2) is 4.98 Å². The summed E-state index contributed by atoms with van der Waals surface area (Å²) in [5.41, 5.74) is 5.91. The maximum Gasteiger partial charge on any atom is 0.205 e. The molecule has 0 saturated carbocycles. The van der Waals surface area contributed by atoms with E-state index in [1.807, 2.05) is 12.4 Å². The standard InChI is InChI=1S/C11H20N4O/c1-9(8-16-2)15-6-4-13-11(15)14-5-3-10(12)7-14/h4,6,9-10H,3,5,7-8,12H2,1-2H3. The van der Waals surface area contributed by atoms with Crippen LogP contribution in [0.4, 0.5) is 5.95 Å². The van der Waals surface area contributed by atoms with Crippen molar-refractivity contribution in [2.45, 2.75) is 25.4 Å². The molecule has 0 spiro atoms. The molecule has 1 saturated heterocycles. The maximum atomic E-state index is 5.91. The summed E-state index contributed by atoms with van der Waals surface area (Å²) in [7, 11) is 1.72. The number of anilines is 1. The van der Waals surface area contributed by atoms with Crippen LogP contribution in [-0.4, -0.2) is 42.4 Å². The fourth-order valence-corrected chi connectivity index (χ4v) is 2.18. The molecule has 1 aliphatic heterocycles. The number of imidazole rings is 1. The second-order valence-electron chi connectivity index (χ2n) is 4.43. The molecule has 16 heavy (non-hydrogen) atoms. The van der Waals surface area contributed by atoms with Gasteiger partial charge in [0.1, 0.15) is 0 Å². The van der Waals surface area contributed by atoms with Crippen molar-refractivity contribution < 1.29 is 4.74 Å². The van der Waals surface area contributed by atoms with E-state index in [-0.39, 0.29) is 6.04 Å². The SMILES string of the molecule is COCC(C)n1ccnc1N1CCC(N)C1. The van der Waals surface area contributed by atoms with E-state index in [0.29, 0.717) is 12.6 Å². The molecule has 5 heteroatoms. The molecule has 0 bridgehead atoms. The molecular formula is C11H20N4O. The van der Waals surface area contributed by atoms with E-state index < -0.39 is 0 Å². The fraction of sp³-hybridized carbons (Fsp3) is 0.727. The number of aromatic nitrogens is 2. The summed E-state index contributed by atoms with van der Waals surface area (Å²) in [5, 5.41) is 0. The van der Waals surface area contributed by atoms with Crippen molar-refractivity contribution in [1.29, 1.82) is 0 Å². The number of rotatable bonds is 4. The van der Waals surface area contributed by atoms with Crippen LogP contribution in [0, 0.1) is 0 Å². The van der Waals surface area contributed by atoms with E-state index in [1.165, 1.54) is 0 Å². The first-order valence-corrected chi connectivity index (χ1v) is 5.74. The van der Waals surface area contributed by atoms with Gasteiger partial charge in [0.25, 0.3) is 0 Å². The first-order chi connectivity index (χ1) is 7.72. The average molecular weight is 224 g/mol. The third-order valence-corrected chi connectivity index (χ3v) is 3.04. The second kappa shape index (κ2) is 4.84. The van der Waals surface area contributed by atoms with Gasteiger partial charge >= 0.3 is 0 Å². The number of nitrogens with zero attached hydrogens (tertiary/aromatic N) is 3. The fourth-order valence-electron chi connectivity index (χ4n) is 2.18. The molecule has 0 aliphatic carbocycles. The van der Waals surface area contributed by atoms with Crippen molar-refractivity contribution in [2.75, 3.05) is 31.7 Å². The molecule has 2 heterocycles. The van der Waals surface area contributed by atoms with Gasteiger partial charge in [0.2, 0.25) is 5.95 Å². The minimum absolute atomic E-state index is 0.280. The highest BCUT2D eigenvalue weighted by Gasteiger charge is 2.23. The van der Waals surface area contributed by atoms with Gasteiger partial charge in [0.15, 0.2) is 0 Å². The smallest absolute Gasteiger partial charge is 0.205 e. The van der Waals surface area contributed by atoms with Gasteiger partial charge < -0.3 is 19.9 Å². The molecule has 1 aliphatic rings. The first-order valence-electron chi connectivity index (χ1n) is 5.74. The molecule has 0 radical (unpaired) electrons. The van der Waals surface area contributed by atoms with E-state index in [2.05, 4.69) is 21.4 Å². The maximum absolute atomic E-state index is 5.91. The molecular weight excluding hydrogens is 204 g/mol. The molecule has 2 N–H and O–H groups in total. The van der Waals surface area contributed by atoms with E-state index in [1.54, 1.807) is 7.11 Å². The number of hydrogen-bond donors (Lipinski definition) is 1. The Hall–Kier alpha value is -1.07. The summed E-state index contributed by atoms with van der Waals surface area (Å²) < 4.78 is 7.33. The average Bonchev–Trinajstić information content (AvgIpc) is 2.85. The Kier molecular flexibility index (Phi) is 3.46. The van der Waals surface area contributed by atoms with Gasteiger partial charge in [-0.15, -0.1) is 0 Å². The molecule has 2 unspecified atom stereocenters. The number of ether oxygens (including phenoxy) is 1. The Bertz CT molecular complexity index is 338. The summed E-state index contributed by atoms with van der Waals surface area (Å²) in [6, 6.07) is 0.585. The van der Waals surface area contributed by atoms with Gasteiger partial charge in [-0.1, -0.05) is 0 Å². The molecule has 2 rings (SSSR count). The van der Waals surface area contributed by atoms with Gasteiger partial charge in [0.05, 0.1) is 12.6 Å². The lowest BCUT2D eigenvalue weighted by Crippen LogP contribution is -2.29. The van der Waals surface area contributed by atoms with Crippen molar-refractivity contribution in [3.63, 3.8) is 0 Å². The lowest BCUT2D eigenvalue weighted by Gasteiger charge is -2.22. The molecule has 1 aromatic rings. The van der Waals surface area contributed by atoms with E-state index >= 15 is 0 Å². The summed E-state index contributed by atoms with van der Waals surface area (Å²) in [6.07, 6.45) is 4.89. The van der Waals surface area contributed by atoms with Crippen LogP contribution < -0.4 is 10.6 Å². The van der Waals surface area contributed by atoms with E-state index in [4.69, 9.17) is 10.5 Å². The second-order valence-corrected chi connectivity index (χ2v) is 4.43. The highest BCUT2D eigenvalue weighted by atomic mass is 16.5. The summed E-state index contributed by atoms with van der Waals surface area (Å²) >= 11 is 0. The molecule has 0 amide bonds. The van der Waals surface area contributed by atoms with Crippen molar-refractivity contribution in [1.82, 2.24) is 9.55 Å². The summed E-state index contributed by atoms with van der Waals surface area (Å²) in [5.74, 6) is 1.01. The van der Waals surface area contributed by atoms with Crippen LogP contribution in [0.3, 0.4) is 0 Å². The Balaban J connectivity index is 2.12. The molecule has 5 nitrogen and oxygen atoms in total. The van der Waals surface area contributed by atoms with E-state index in [0.717, 1.165) is 25.5 Å². The quantitative estimate of drug-likeness (QED) is 0.815. The van der Waals surface area contributed by atoms with Crippen LogP contribution >= 0.6 is 0 Å². The largest absolute Gasteiger partial charge is 0.383 e. The zero-order valence-electron chi connectivity index (χ0n) is 9.97. The van der Waals surface area contributed by atoms with Crippen LogP contribution in [0.5, 0.6) is 0 Å². The molecule has 90 valence electrons.